The van der Waals surface area contributed by atoms with Crippen LogP contribution in [0.2, 0.25) is 0 Å². The van der Waals surface area contributed by atoms with Crippen LogP contribution in [0.15, 0.2) is 52.9 Å². The summed E-state index contributed by atoms with van der Waals surface area (Å²) in [6.45, 7) is 2.63. The quantitative estimate of drug-likeness (QED) is 0.418. The standard InChI is InChI=1S/C22H23FN2O6S2/c1-4-30-20(27)22(2,33(3,28)29)8-10-25-14-18(23)17(13-19(25)26)15-6-5-7-16(12-15)31-21-24-9-11-32-21/h5-7,9,11-14H,4,8,10H2,1-3H3/t22-/m1/s1. The first kappa shape index (κ1) is 24.6. The van der Waals surface area contributed by atoms with E-state index >= 15 is 0 Å². The van der Waals surface area contributed by atoms with Crippen molar-refractivity contribution in [3.05, 3.63) is 64.3 Å². The minimum absolute atomic E-state index is 0.0124. The molecule has 0 saturated carbocycles. The van der Waals surface area contributed by atoms with Crippen LogP contribution in [0.4, 0.5) is 4.39 Å². The Balaban J connectivity index is 1.86. The highest BCUT2D eigenvalue weighted by atomic mass is 32.2. The molecule has 1 aromatic carbocycles. The van der Waals surface area contributed by atoms with E-state index in [4.69, 9.17) is 9.47 Å². The molecule has 0 spiro atoms. The van der Waals surface area contributed by atoms with E-state index < -0.39 is 31.9 Å². The molecule has 176 valence electrons. The van der Waals surface area contributed by atoms with E-state index in [1.807, 2.05) is 0 Å². The van der Waals surface area contributed by atoms with Crippen molar-refractivity contribution in [3.8, 4) is 22.1 Å². The highest BCUT2D eigenvalue weighted by molar-refractivity contribution is 7.92. The molecule has 33 heavy (non-hydrogen) atoms. The molecule has 3 aromatic rings. The third kappa shape index (κ3) is 5.48. The predicted octanol–water partition coefficient (Wildman–Crippen LogP) is 3.66. The van der Waals surface area contributed by atoms with Crippen molar-refractivity contribution in [1.82, 2.24) is 9.55 Å². The Morgan fingerprint density at radius 2 is 2.06 bits per heavy atom. The van der Waals surface area contributed by atoms with Gasteiger partial charge in [0.15, 0.2) is 14.6 Å². The van der Waals surface area contributed by atoms with Gasteiger partial charge < -0.3 is 14.0 Å². The molecule has 0 unspecified atom stereocenters. The maximum atomic E-state index is 14.9. The van der Waals surface area contributed by atoms with Gasteiger partial charge in [0.1, 0.15) is 11.6 Å². The number of nitrogens with zero attached hydrogens (tertiary/aromatic N) is 2. The van der Waals surface area contributed by atoms with Gasteiger partial charge in [0.2, 0.25) is 0 Å². The average molecular weight is 495 g/mol. The molecule has 8 nitrogen and oxygen atoms in total. The Hall–Kier alpha value is -3.05. The van der Waals surface area contributed by atoms with Crippen LogP contribution in [0.3, 0.4) is 0 Å². The summed E-state index contributed by atoms with van der Waals surface area (Å²) in [5.74, 6) is -1.16. The molecule has 0 radical (unpaired) electrons. The monoisotopic (exact) mass is 494 g/mol. The molecule has 0 aliphatic heterocycles. The first-order valence-corrected chi connectivity index (χ1v) is 12.8. The number of benzene rings is 1. The lowest BCUT2D eigenvalue weighted by Gasteiger charge is -2.25. The first-order valence-electron chi connectivity index (χ1n) is 10.00. The molecule has 11 heteroatoms. The SMILES string of the molecule is CCOC(=O)[C@@](C)(CCn1cc(F)c(-c2cccc(Oc3nccs3)c2)cc1=O)S(C)(=O)=O. The van der Waals surface area contributed by atoms with Gasteiger partial charge in [0, 0.05) is 42.2 Å². The van der Waals surface area contributed by atoms with E-state index in [9.17, 15) is 22.4 Å². The lowest BCUT2D eigenvalue weighted by Crippen LogP contribution is -2.45. The summed E-state index contributed by atoms with van der Waals surface area (Å²) in [7, 11) is -3.86. The second kappa shape index (κ2) is 9.84. The van der Waals surface area contributed by atoms with E-state index in [1.165, 1.54) is 18.3 Å². The Morgan fingerprint density at radius 3 is 2.70 bits per heavy atom. The molecular weight excluding hydrogens is 471 g/mol. The lowest BCUT2D eigenvalue weighted by molar-refractivity contribution is -0.146. The van der Waals surface area contributed by atoms with Crippen LogP contribution < -0.4 is 10.3 Å². The van der Waals surface area contributed by atoms with Gasteiger partial charge in [-0.25, -0.2) is 17.8 Å². The van der Waals surface area contributed by atoms with E-state index in [-0.39, 0.29) is 25.1 Å². The highest BCUT2D eigenvalue weighted by Gasteiger charge is 2.44. The van der Waals surface area contributed by atoms with E-state index in [0.717, 1.165) is 23.1 Å². The van der Waals surface area contributed by atoms with E-state index in [1.54, 1.807) is 42.8 Å². The number of sulfone groups is 1. The second-order valence-corrected chi connectivity index (χ2v) is 10.8. The number of hydrogen-bond donors (Lipinski definition) is 0. The normalized spacial score (nSPS) is 13.3. The Labute approximate surface area is 194 Å². The van der Waals surface area contributed by atoms with Gasteiger partial charge in [-0.15, -0.1) is 0 Å². The molecule has 0 saturated heterocycles. The molecular formula is C22H23FN2O6S2. The fraction of sp³-hybridized carbons (Fsp3) is 0.318. The van der Waals surface area contributed by atoms with Crippen molar-refractivity contribution < 1.29 is 27.1 Å². The summed E-state index contributed by atoms with van der Waals surface area (Å²) >= 11 is 1.30. The summed E-state index contributed by atoms with van der Waals surface area (Å²) < 4.78 is 49.1. The van der Waals surface area contributed by atoms with Crippen LogP contribution in [0, 0.1) is 5.82 Å². The number of thiazole rings is 1. The van der Waals surface area contributed by atoms with Gasteiger partial charge in [-0.2, -0.15) is 0 Å². The van der Waals surface area contributed by atoms with Gasteiger partial charge in [0.25, 0.3) is 10.8 Å². The summed E-state index contributed by atoms with van der Waals surface area (Å²) in [6, 6.07) is 7.70. The van der Waals surface area contributed by atoms with Crippen LogP contribution >= 0.6 is 11.3 Å². The number of aryl methyl sites for hydroxylation is 1. The number of pyridine rings is 1. The number of rotatable bonds is 9. The summed E-state index contributed by atoms with van der Waals surface area (Å²) in [4.78, 5) is 29.0. The highest BCUT2D eigenvalue weighted by Crippen LogP contribution is 2.29. The fourth-order valence-corrected chi connectivity index (χ4v) is 4.41. The zero-order valence-corrected chi connectivity index (χ0v) is 19.9. The number of ether oxygens (including phenoxy) is 2. The van der Waals surface area contributed by atoms with Crippen molar-refractivity contribution in [1.29, 1.82) is 0 Å². The Kier molecular flexibility index (Phi) is 7.33. The van der Waals surface area contributed by atoms with Crippen LogP contribution in [-0.4, -0.2) is 41.5 Å². The topological polar surface area (TPSA) is 105 Å². The second-order valence-electron chi connectivity index (χ2n) is 7.47. The van der Waals surface area contributed by atoms with Crippen molar-refractivity contribution in [2.24, 2.45) is 0 Å². The molecule has 0 bridgehead atoms. The summed E-state index contributed by atoms with van der Waals surface area (Å²) in [5, 5.41) is 2.19. The maximum Gasteiger partial charge on any atom is 0.327 e. The summed E-state index contributed by atoms with van der Waals surface area (Å²) in [6.07, 6.45) is 3.28. The first-order chi connectivity index (χ1) is 15.5. The summed E-state index contributed by atoms with van der Waals surface area (Å²) in [5.41, 5.74) is -0.0484. The smallest absolute Gasteiger partial charge is 0.327 e. The van der Waals surface area contributed by atoms with Crippen LogP contribution in [0.25, 0.3) is 11.1 Å². The zero-order chi connectivity index (χ0) is 24.2. The lowest BCUT2D eigenvalue weighted by atomic mass is 10.1. The number of carbonyl (C=O) groups excluding carboxylic acids is 1. The molecule has 3 rings (SSSR count). The number of hydrogen-bond acceptors (Lipinski definition) is 8. The molecule has 0 fully saturated rings. The van der Waals surface area contributed by atoms with Crippen LogP contribution in [0.1, 0.15) is 20.3 Å². The molecule has 0 amide bonds. The molecule has 2 heterocycles. The van der Waals surface area contributed by atoms with Crippen molar-refractivity contribution >= 4 is 27.1 Å². The third-order valence-electron chi connectivity index (χ3n) is 5.19. The van der Waals surface area contributed by atoms with E-state index in [2.05, 4.69) is 4.98 Å². The average Bonchev–Trinajstić information content (AvgIpc) is 3.26. The maximum absolute atomic E-state index is 14.9. The molecule has 0 aliphatic carbocycles. The Bertz CT molecular complexity index is 1300. The molecule has 0 N–H and O–H groups in total. The van der Waals surface area contributed by atoms with Gasteiger partial charge >= 0.3 is 5.97 Å². The molecule has 2 aromatic heterocycles. The predicted molar refractivity (Wildman–Crippen MR) is 123 cm³/mol. The van der Waals surface area contributed by atoms with Crippen molar-refractivity contribution in [3.63, 3.8) is 0 Å². The third-order valence-corrected chi connectivity index (χ3v) is 7.85. The molecule has 1 atom stereocenters. The minimum Gasteiger partial charge on any atom is -0.465 e. The van der Waals surface area contributed by atoms with Crippen molar-refractivity contribution in [2.45, 2.75) is 31.6 Å². The van der Waals surface area contributed by atoms with E-state index in [0.29, 0.717) is 16.5 Å². The van der Waals surface area contributed by atoms with Crippen molar-refractivity contribution in [2.75, 3.05) is 12.9 Å². The van der Waals surface area contributed by atoms with Gasteiger partial charge in [-0.3, -0.25) is 9.59 Å². The largest absolute Gasteiger partial charge is 0.465 e. The van der Waals surface area contributed by atoms with Crippen LogP contribution in [-0.2, 0) is 25.9 Å². The number of halogens is 1. The Morgan fingerprint density at radius 1 is 1.30 bits per heavy atom. The van der Waals surface area contributed by atoms with Gasteiger partial charge in [-0.05, 0) is 38.0 Å². The zero-order valence-electron chi connectivity index (χ0n) is 18.3. The number of esters is 1. The van der Waals surface area contributed by atoms with Gasteiger partial charge in [0.05, 0.1) is 6.61 Å². The number of aromatic nitrogens is 2. The van der Waals surface area contributed by atoms with Gasteiger partial charge in [-0.1, -0.05) is 23.5 Å². The van der Waals surface area contributed by atoms with Crippen LogP contribution in [0.5, 0.6) is 10.9 Å². The fourth-order valence-electron chi connectivity index (χ4n) is 3.09. The molecule has 0 aliphatic rings. The number of carbonyl (C=O) groups is 1. The minimum atomic E-state index is -3.86.